The number of hydrogen-bond acceptors (Lipinski definition) is 5. The fraction of sp³-hybridized carbons (Fsp3) is 0.192. The minimum atomic E-state index is -0.976. The van der Waals surface area contributed by atoms with Crippen LogP contribution in [0.4, 0.5) is 26.2 Å². The van der Waals surface area contributed by atoms with Gasteiger partial charge in [0.05, 0.1) is 22.3 Å². The maximum atomic E-state index is 15.1. The molecule has 0 aliphatic carbocycles. The molecular weight excluding hydrogens is 520 g/mol. The molecule has 1 saturated heterocycles. The Morgan fingerprint density at radius 3 is 2.49 bits per heavy atom. The van der Waals surface area contributed by atoms with Crippen LogP contribution < -0.4 is 15.8 Å². The predicted octanol–water partition coefficient (Wildman–Crippen LogP) is 5.50. The molecule has 4 aromatic rings. The molecular formula is C26H22Cl2FN5O3. The van der Waals surface area contributed by atoms with Gasteiger partial charge in [-0.25, -0.2) is 9.18 Å². The second-order valence-corrected chi connectivity index (χ2v) is 9.47. The van der Waals surface area contributed by atoms with Gasteiger partial charge >= 0.3 is 6.09 Å². The third kappa shape index (κ3) is 5.19. The number of aromatic amines is 1. The van der Waals surface area contributed by atoms with Crippen LogP contribution in [0.5, 0.6) is 0 Å². The number of amides is 1. The fourth-order valence-electron chi connectivity index (χ4n) is 4.45. The number of pyridine rings is 2. The molecule has 0 saturated carbocycles. The van der Waals surface area contributed by atoms with Crippen LogP contribution in [0.2, 0.25) is 10.0 Å². The van der Waals surface area contributed by atoms with Gasteiger partial charge in [-0.05, 0) is 48.0 Å². The molecule has 1 aliphatic heterocycles. The number of nitrogens with one attached hydrogen (secondary N) is 2. The van der Waals surface area contributed by atoms with Gasteiger partial charge in [0.15, 0.2) is 0 Å². The second kappa shape index (κ2) is 10.3. The van der Waals surface area contributed by atoms with Crippen LogP contribution in [0, 0.1) is 5.82 Å². The lowest BCUT2D eigenvalue weighted by Crippen LogP contribution is -2.48. The van der Waals surface area contributed by atoms with E-state index in [1.807, 2.05) is 4.90 Å². The van der Waals surface area contributed by atoms with Crippen molar-refractivity contribution in [3.63, 3.8) is 0 Å². The number of fused-ring (bicyclic) bond motifs is 1. The summed E-state index contributed by atoms with van der Waals surface area (Å²) in [6, 6.07) is 13.4. The van der Waals surface area contributed by atoms with E-state index in [-0.39, 0.29) is 5.56 Å². The molecule has 190 valence electrons. The van der Waals surface area contributed by atoms with Gasteiger partial charge in [0.25, 0.3) is 5.56 Å². The van der Waals surface area contributed by atoms with E-state index in [9.17, 15) is 9.59 Å². The van der Waals surface area contributed by atoms with E-state index < -0.39 is 11.9 Å². The number of H-pyrrole nitrogens is 1. The first-order chi connectivity index (χ1) is 17.8. The Balaban J connectivity index is 1.45. The number of rotatable bonds is 5. The number of carboxylic acid groups (broad SMARTS) is 1. The largest absolute Gasteiger partial charge is 0.465 e. The lowest BCUT2D eigenvalue weighted by molar-refractivity contribution is 0.142. The molecule has 0 atom stereocenters. The summed E-state index contributed by atoms with van der Waals surface area (Å²) >= 11 is 12.7. The number of benzene rings is 2. The Morgan fingerprint density at radius 2 is 1.81 bits per heavy atom. The molecule has 1 aliphatic rings. The van der Waals surface area contributed by atoms with Crippen LogP contribution in [-0.4, -0.2) is 52.2 Å². The molecule has 1 fully saturated rings. The molecule has 1 amide bonds. The van der Waals surface area contributed by atoms with Crippen molar-refractivity contribution in [3.8, 4) is 0 Å². The van der Waals surface area contributed by atoms with Gasteiger partial charge in [-0.2, -0.15) is 0 Å². The highest BCUT2D eigenvalue weighted by atomic mass is 35.5. The summed E-state index contributed by atoms with van der Waals surface area (Å²) in [5.74, 6) is -0.455. The molecule has 0 bridgehead atoms. The zero-order valence-electron chi connectivity index (χ0n) is 19.5. The van der Waals surface area contributed by atoms with Crippen LogP contribution in [0.25, 0.3) is 10.9 Å². The molecule has 11 heteroatoms. The predicted molar refractivity (Wildman–Crippen MR) is 143 cm³/mol. The molecule has 0 unspecified atom stereocenters. The van der Waals surface area contributed by atoms with Crippen LogP contribution in [0.3, 0.4) is 0 Å². The number of piperazine rings is 1. The third-order valence-electron chi connectivity index (χ3n) is 6.32. The Kier molecular flexibility index (Phi) is 6.90. The van der Waals surface area contributed by atoms with E-state index in [0.29, 0.717) is 81.9 Å². The molecule has 2 aromatic carbocycles. The molecule has 3 heterocycles. The zero-order valence-corrected chi connectivity index (χ0v) is 21.0. The van der Waals surface area contributed by atoms with Gasteiger partial charge in [0, 0.05) is 60.2 Å². The molecule has 2 aromatic heterocycles. The van der Waals surface area contributed by atoms with E-state index >= 15 is 4.39 Å². The number of nitrogens with zero attached hydrogens (tertiary/aromatic N) is 3. The summed E-state index contributed by atoms with van der Waals surface area (Å²) < 4.78 is 15.1. The number of carbonyl (C=O) groups is 1. The molecule has 0 spiro atoms. The van der Waals surface area contributed by atoms with Gasteiger partial charge in [0.2, 0.25) is 0 Å². The maximum Gasteiger partial charge on any atom is 0.407 e. The van der Waals surface area contributed by atoms with Crippen LogP contribution in [0.1, 0.15) is 11.3 Å². The summed E-state index contributed by atoms with van der Waals surface area (Å²) in [5, 5.41) is 13.7. The zero-order chi connectivity index (χ0) is 26.1. The number of halogens is 3. The standard InChI is InChI=1S/C26H22Cl2FN5O3/c27-18-2-1-3-19(28)17(18)12-16-14-22(24-21(32-16)6-7-30-25(24)35)31-15-4-5-23(20(29)13-15)33-8-10-34(11-9-33)26(36)37/h1-7,13-14H,8-12H2,(H,30,35)(H,31,32)(H,36,37). The molecule has 37 heavy (non-hydrogen) atoms. The van der Waals surface area contributed by atoms with Crippen molar-refractivity contribution in [1.29, 1.82) is 0 Å². The van der Waals surface area contributed by atoms with E-state index in [2.05, 4.69) is 15.3 Å². The molecule has 0 radical (unpaired) electrons. The number of aromatic nitrogens is 2. The Morgan fingerprint density at radius 1 is 1.08 bits per heavy atom. The van der Waals surface area contributed by atoms with E-state index in [0.717, 1.165) is 0 Å². The van der Waals surface area contributed by atoms with Crippen molar-refractivity contribution in [2.24, 2.45) is 0 Å². The SMILES string of the molecule is O=C(O)N1CCN(c2ccc(Nc3cc(Cc4c(Cl)cccc4Cl)nc4cc[nH]c(=O)c34)cc2F)CC1. The van der Waals surface area contributed by atoms with Crippen LogP contribution in [0.15, 0.2) is 59.5 Å². The average Bonchev–Trinajstić information content (AvgIpc) is 2.86. The topological polar surface area (TPSA) is 102 Å². The first-order valence-corrected chi connectivity index (χ1v) is 12.3. The first-order valence-electron chi connectivity index (χ1n) is 11.5. The van der Waals surface area contributed by atoms with Crippen LogP contribution in [-0.2, 0) is 6.42 Å². The van der Waals surface area contributed by atoms with Gasteiger partial charge in [0.1, 0.15) is 5.82 Å². The van der Waals surface area contributed by atoms with E-state index in [1.54, 1.807) is 42.5 Å². The fourth-order valence-corrected chi connectivity index (χ4v) is 4.99. The van der Waals surface area contributed by atoms with Crippen LogP contribution >= 0.6 is 23.2 Å². The van der Waals surface area contributed by atoms with Crippen molar-refractivity contribution < 1.29 is 14.3 Å². The first kappa shape index (κ1) is 24.9. The normalized spacial score (nSPS) is 13.7. The highest BCUT2D eigenvalue weighted by Gasteiger charge is 2.22. The summed E-state index contributed by atoms with van der Waals surface area (Å²) in [7, 11) is 0. The van der Waals surface area contributed by atoms with Gasteiger partial charge in [-0.1, -0.05) is 29.3 Å². The Labute approximate surface area is 221 Å². The summed E-state index contributed by atoms with van der Waals surface area (Å²) in [5.41, 5.74) is 2.79. The van der Waals surface area contributed by atoms with E-state index in [4.69, 9.17) is 28.3 Å². The van der Waals surface area contributed by atoms with Crippen molar-refractivity contribution in [1.82, 2.24) is 14.9 Å². The summed E-state index contributed by atoms with van der Waals surface area (Å²) in [6.07, 6.45) is 0.882. The number of anilines is 3. The van der Waals surface area contributed by atoms with E-state index in [1.165, 1.54) is 17.2 Å². The number of hydrogen-bond donors (Lipinski definition) is 3. The minimum absolute atomic E-state index is 0.304. The minimum Gasteiger partial charge on any atom is -0.465 e. The summed E-state index contributed by atoms with van der Waals surface area (Å²) in [6.45, 7) is 1.40. The molecule has 8 nitrogen and oxygen atoms in total. The quantitative estimate of drug-likeness (QED) is 0.308. The highest BCUT2D eigenvalue weighted by Crippen LogP contribution is 2.31. The Bertz CT molecular complexity index is 1530. The third-order valence-corrected chi connectivity index (χ3v) is 7.03. The summed E-state index contributed by atoms with van der Waals surface area (Å²) in [4.78, 5) is 34.2. The molecule has 3 N–H and O–H groups in total. The smallest absolute Gasteiger partial charge is 0.407 e. The lowest BCUT2D eigenvalue weighted by Gasteiger charge is -2.34. The lowest BCUT2D eigenvalue weighted by atomic mass is 10.1. The monoisotopic (exact) mass is 541 g/mol. The average molecular weight is 542 g/mol. The van der Waals surface area contributed by atoms with Crippen molar-refractivity contribution in [2.75, 3.05) is 36.4 Å². The second-order valence-electron chi connectivity index (χ2n) is 8.65. The highest BCUT2D eigenvalue weighted by molar-refractivity contribution is 6.36. The van der Waals surface area contributed by atoms with Crippen molar-refractivity contribution in [2.45, 2.75) is 6.42 Å². The Hall–Kier alpha value is -3.82. The van der Waals surface area contributed by atoms with Gasteiger partial charge in [-0.15, -0.1) is 0 Å². The van der Waals surface area contributed by atoms with Gasteiger partial charge in [-0.3, -0.25) is 9.78 Å². The van der Waals surface area contributed by atoms with Crippen molar-refractivity contribution >= 4 is 57.3 Å². The van der Waals surface area contributed by atoms with Gasteiger partial charge < -0.3 is 25.2 Å². The molecule has 5 rings (SSSR count). The maximum absolute atomic E-state index is 15.1. The van der Waals surface area contributed by atoms with Crippen molar-refractivity contribution in [3.05, 3.63) is 92.2 Å².